The quantitative estimate of drug-likeness (QED) is 0.751. The molecule has 1 aromatic rings. The highest BCUT2D eigenvalue weighted by Gasteiger charge is 2.00. The maximum absolute atomic E-state index is 10.9. The molecule has 0 radical (unpaired) electrons. The molecule has 0 fully saturated rings. The van der Waals surface area contributed by atoms with Crippen LogP contribution in [-0.4, -0.2) is 5.12 Å². The Kier molecular flexibility index (Phi) is 4.21. The summed E-state index contributed by atoms with van der Waals surface area (Å²) in [7, 11) is 0. The molecule has 0 saturated heterocycles. The third-order valence-corrected chi connectivity index (χ3v) is 2.47. The maximum Gasteiger partial charge on any atom is 0.216 e. The Morgan fingerprint density at radius 2 is 1.86 bits per heavy atom. The number of carbonyl (C=O) groups excluding carboxylic acids is 1. The number of rotatable bonds is 4. The third-order valence-electron chi connectivity index (χ3n) is 2.21. The van der Waals surface area contributed by atoms with Crippen molar-refractivity contribution < 1.29 is 4.79 Å². The summed E-state index contributed by atoms with van der Waals surface area (Å²) < 4.78 is 0. The van der Waals surface area contributed by atoms with Gasteiger partial charge >= 0.3 is 0 Å². The van der Waals surface area contributed by atoms with Crippen LogP contribution < -0.4 is 0 Å². The second kappa shape index (κ2) is 5.20. The number of hydrogen-bond acceptors (Lipinski definition) is 1. The van der Waals surface area contributed by atoms with Crippen molar-refractivity contribution in [3.63, 3.8) is 0 Å². The van der Waals surface area contributed by atoms with Gasteiger partial charge in [0.25, 0.3) is 0 Å². The third kappa shape index (κ3) is 3.54. The molecular formula is C12H16OS. The summed E-state index contributed by atoms with van der Waals surface area (Å²) in [5.74, 6) is 0.723. The Labute approximate surface area is 90.9 Å². The van der Waals surface area contributed by atoms with Crippen LogP contribution >= 0.6 is 12.6 Å². The van der Waals surface area contributed by atoms with Crippen LogP contribution in [0, 0.1) is 5.92 Å². The Hall–Kier alpha value is -0.760. The minimum atomic E-state index is -0.166. The van der Waals surface area contributed by atoms with E-state index in [-0.39, 0.29) is 5.12 Å². The van der Waals surface area contributed by atoms with Crippen molar-refractivity contribution in [1.82, 2.24) is 0 Å². The highest BCUT2D eigenvalue weighted by atomic mass is 32.1. The van der Waals surface area contributed by atoms with Crippen LogP contribution in [0.2, 0.25) is 0 Å². The molecule has 0 bridgehead atoms. The fourth-order valence-electron chi connectivity index (χ4n) is 1.27. The summed E-state index contributed by atoms with van der Waals surface area (Å²) >= 11 is 3.77. The molecule has 0 aliphatic rings. The van der Waals surface area contributed by atoms with E-state index in [9.17, 15) is 4.79 Å². The zero-order valence-corrected chi connectivity index (χ0v) is 9.55. The van der Waals surface area contributed by atoms with E-state index in [0.717, 1.165) is 12.3 Å². The van der Waals surface area contributed by atoms with Crippen molar-refractivity contribution in [3.8, 4) is 0 Å². The van der Waals surface area contributed by atoms with Gasteiger partial charge in [-0.25, -0.2) is 0 Å². The van der Waals surface area contributed by atoms with Crippen molar-refractivity contribution in [1.29, 1.82) is 0 Å². The van der Waals surface area contributed by atoms with Crippen molar-refractivity contribution >= 4 is 17.7 Å². The van der Waals surface area contributed by atoms with Crippen molar-refractivity contribution in [2.45, 2.75) is 26.7 Å². The number of thiol groups is 1. The van der Waals surface area contributed by atoms with Gasteiger partial charge in [0.2, 0.25) is 5.12 Å². The smallest absolute Gasteiger partial charge is 0.216 e. The number of aryl methyl sites for hydroxylation is 1. The summed E-state index contributed by atoms with van der Waals surface area (Å²) in [5.41, 5.74) is 1.96. The highest BCUT2D eigenvalue weighted by molar-refractivity contribution is 7.97. The fraction of sp³-hybridized carbons (Fsp3) is 0.417. The molecular weight excluding hydrogens is 192 g/mol. The van der Waals surface area contributed by atoms with E-state index in [4.69, 9.17) is 0 Å². The molecule has 1 nitrogen and oxygen atoms in total. The molecule has 1 rings (SSSR count). The highest BCUT2D eigenvalue weighted by Crippen LogP contribution is 2.11. The average Bonchev–Trinajstić information content (AvgIpc) is 2.15. The van der Waals surface area contributed by atoms with Gasteiger partial charge in [0, 0.05) is 5.56 Å². The Morgan fingerprint density at radius 1 is 1.29 bits per heavy atom. The first-order valence-corrected chi connectivity index (χ1v) is 5.36. The van der Waals surface area contributed by atoms with Gasteiger partial charge in [-0.2, -0.15) is 0 Å². The van der Waals surface area contributed by atoms with Gasteiger partial charge < -0.3 is 0 Å². The molecule has 76 valence electrons. The average molecular weight is 208 g/mol. The molecule has 0 unspecified atom stereocenters. The molecule has 2 heteroatoms. The number of carbonyl (C=O) groups is 1. The molecule has 1 aromatic carbocycles. The summed E-state index contributed by atoms with van der Waals surface area (Å²) in [6.45, 7) is 4.43. The lowest BCUT2D eigenvalue weighted by Gasteiger charge is -2.04. The molecule has 0 amide bonds. The first kappa shape index (κ1) is 11.3. The molecule has 0 N–H and O–H groups in total. The van der Waals surface area contributed by atoms with Gasteiger partial charge in [-0.05, 0) is 24.3 Å². The first-order valence-electron chi connectivity index (χ1n) is 4.92. The SMILES string of the molecule is CC(C)CCc1ccc(C(=O)S)cc1. The van der Waals surface area contributed by atoms with E-state index >= 15 is 0 Å². The van der Waals surface area contributed by atoms with Crippen LogP contribution in [0.15, 0.2) is 24.3 Å². The van der Waals surface area contributed by atoms with Crippen LogP contribution in [0.3, 0.4) is 0 Å². The van der Waals surface area contributed by atoms with Crippen LogP contribution in [0.5, 0.6) is 0 Å². The predicted octanol–water partition coefficient (Wildman–Crippen LogP) is 3.35. The summed E-state index contributed by atoms with van der Waals surface area (Å²) in [6, 6.07) is 7.69. The Balaban J connectivity index is 2.60. The minimum Gasteiger partial charge on any atom is -0.282 e. The summed E-state index contributed by atoms with van der Waals surface area (Å²) in [6.07, 6.45) is 2.27. The maximum atomic E-state index is 10.9. The topological polar surface area (TPSA) is 17.1 Å². The van der Waals surface area contributed by atoms with Gasteiger partial charge in [0.05, 0.1) is 0 Å². The van der Waals surface area contributed by atoms with Crippen LogP contribution in [-0.2, 0) is 6.42 Å². The zero-order valence-electron chi connectivity index (χ0n) is 8.66. The van der Waals surface area contributed by atoms with Gasteiger partial charge in [-0.15, -0.1) is 12.6 Å². The van der Waals surface area contributed by atoms with E-state index in [2.05, 4.69) is 26.5 Å². The molecule has 0 aromatic heterocycles. The fourth-order valence-corrected chi connectivity index (χ4v) is 1.42. The van der Waals surface area contributed by atoms with E-state index < -0.39 is 0 Å². The lowest BCUT2D eigenvalue weighted by molar-refractivity contribution is 0.109. The largest absolute Gasteiger partial charge is 0.282 e. The Morgan fingerprint density at radius 3 is 2.29 bits per heavy atom. The molecule has 0 heterocycles. The van der Waals surface area contributed by atoms with Crippen molar-refractivity contribution in [2.75, 3.05) is 0 Å². The van der Waals surface area contributed by atoms with Crippen LogP contribution in [0.1, 0.15) is 36.2 Å². The standard InChI is InChI=1S/C12H16OS/c1-9(2)3-4-10-5-7-11(8-6-10)12(13)14/h5-9H,3-4H2,1-2H3,(H,13,14). The molecule has 14 heavy (non-hydrogen) atoms. The van der Waals surface area contributed by atoms with E-state index in [1.807, 2.05) is 24.3 Å². The van der Waals surface area contributed by atoms with E-state index in [1.165, 1.54) is 12.0 Å². The molecule has 0 saturated carbocycles. The summed E-state index contributed by atoms with van der Waals surface area (Å²) in [5, 5.41) is -0.166. The zero-order chi connectivity index (χ0) is 10.6. The van der Waals surface area contributed by atoms with Crippen LogP contribution in [0.4, 0.5) is 0 Å². The van der Waals surface area contributed by atoms with Gasteiger partial charge in [-0.1, -0.05) is 38.1 Å². The van der Waals surface area contributed by atoms with Crippen LogP contribution in [0.25, 0.3) is 0 Å². The van der Waals surface area contributed by atoms with E-state index in [0.29, 0.717) is 5.56 Å². The first-order chi connectivity index (χ1) is 6.59. The van der Waals surface area contributed by atoms with Crippen molar-refractivity contribution in [2.24, 2.45) is 5.92 Å². The van der Waals surface area contributed by atoms with E-state index in [1.54, 1.807) is 0 Å². The molecule has 0 aliphatic heterocycles. The molecule has 0 atom stereocenters. The Bertz CT molecular complexity index is 301. The second-order valence-corrected chi connectivity index (χ2v) is 4.34. The molecule has 0 spiro atoms. The summed E-state index contributed by atoms with van der Waals surface area (Å²) in [4.78, 5) is 10.9. The minimum absolute atomic E-state index is 0.166. The lowest BCUT2D eigenvalue weighted by Crippen LogP contribution is -1.93. The van der Waals surface area contributed by atoms with Gasteiger partial charge in [-0.3, -0.25) is 4.79 Å². The van der Waals surface area contributed by atoms with Gasteiger partial charge in [0.15, 0.2) is 0 Å². The lowest BCUT2D eigenvalue weighted by atomic mass is 10.0. The number of hydrogen-bond donors (Lipinski definition) is 1. The molecule has 0 aliphatic carbocycles. The van der Waals surface area contributed by atoms with Crippen molar-refractivity contribution in [3.05, 3.63) is 35.4 Å². The predicted molar refractivity (Wildman–Crippen MR) is 62.9 cm³/mol. The van der Waals surface area contributed by atoms with Gasteiger partial charge in [0.1, 0.15) is 0 Å². The normalized spacial score (nSPS) is 10.6. The second-order valence-electron chi connectivity index (χ2n) is 3.93. The number of benzene rings is 1. The monoisotopic (exact) mass is 208 g/mol.